The van der Waals surface area contributed by atoms with Crippen molar-refractivity contribution in [3.63, 3.8) is 0 Å². The molecule has 0 bridgehead atoms. The van der Waals surface area contributed by atoms with Crippen LogP contribution in [0.15, 0.2) is 23.9 Å². The molecule has 10 heteroatoms. The fraction of sp³-hybridized carbons (Fsp3) is 0.480. The number of ether oxygens (including phenoxy) is 4. The molecule has 1 aromatic rings. The minimum atomic E-state index is -1.59. The average molecular weight is 492 g/mol. The predicted octanol–water partition coefficient (Wildman–Crippen LogP) is 2.89. The number of esters is 4. The molecule has 1 aromatic carbocycles. The zero-order valence-corrected chi connectivity index (χ0v) is 21.6. The van der Waals surface area contributed by atoms with Gasteiger partial charge in [-0.25, -0.2) is 9.59 Å². The topological polar surface area (TPSA) is 134 Å². The molecule has 10 nitrogen and oxygen atoms in total. The lowest BCUT2D eigenvalue weighted by atomic mass is 9.91. The highest BCUT2D eigenvalue weighted by molar-refractivity contribution is 6.05. The Bertz CT molecular complexity index is 998. The number of hydrogen-bond donors (Lipinski definition) is 1. The van der Waals surface area contributed by atoms with Crippen LogP contribution in [-0.4, -0.2) is 55.2 Å². The maximum atomic E-state index is 13.1. The van der Waals surface area contributed by atoms with Gasteiger partial charge in [-0.05, 0) is 64.8 Å². The lowest BCUT2D eigenvalue weighted by Gasteiger charge is -2.27. The lowest BCUT2D eigenvalue weighted by molar-refractivity contribution is -0.169. The fourth-order valence-corrected chi connectivity index (χ4v) is 2.89. The molecule has 0 fully saturated rings. The Kier molecular flexibility index (Phi) is 9.75. The zero-order valence-electron chi connectivity index (χ0n) is 21.6. The van der Waals surface area contributed by atoms with Crippen LogP contribution in [0, 0.1) is 0 Å². The molecule has 0 aliphatic carbocycles. The first-order valence-electron chi connectivity index (χ1n) is 10.7. The summed E-state index contributed by atoms with van der Waals surface area (Å²) in [4.78, 5) is 62.3. The Labute approximate surface area is 204 Å². The lowest BCUT2D eigenvalue weighted by Crippen LogP contribution is -2.36. The molecular weight excluding hydrogens is 458 g/mol. The number of amides is 1. The fourth-order valence-electron chi connectivity index (χ4n) is 2.89. The molecule has 1 amide bonds. The highest BCUT2D eigenvalue weighted by Crippen LogP contribution is 2.29. The Hall–Kier alpha value is -3.69. The van der Waals surface area contributed by atoms with Crippen LogP contribution in [0.5, 0.6) is 0 Å². The molecule has 0 aromatic heterocycles. The number of hydrogen-bond acceptors (Lipinski definition) is 9. The Balaban J connectivity index is 3.74. The van der Waals surface area contributed by atoms with Gasteiger partial charge in [0.15, 0.2) is 5.92 Å². The van der Waals surface area contributed by atoms with Gasteiger partial charge in [0.2, 0.25) is 5.91 Å². The molecule has 0 radical (unpaired) electrons. The molecule has 35 heavy (non-hydrogen) atoms. The van der Waals surface area contributed by atoms with Crippen LogP contribution in [0.4, 0.5) is 0 Å². The molecule has 1 rings (SSSR count). The third-order valence-electron chi connectivity index (χ3n) is 4.11. The maximum absolute atomic E-state index is 13.1. The van der Waals surface area contributed by atoms with Crippen LogP contribution in [0.2, 0.25) is 0 Å². The molecule has 0 aliphatic heterocycles. The molecule has 0 aliphatic rings. The molecule has 0 atom stereocenters. The maximum Gasteiger partial charge on any atom is 0.354 e. The molecule has 0 unspecified atom stereocenters. The van der Waals surface area contributed by atoms with Crippen LogP contribution >= 0.6 is 0 Å². The van der Waals surface area contributed by atoms with Crippen molar-refractivity contribution in [2.24, 2.45) is 0 Å². The summed E-state index contributed by atoms with van der Waals surface area (Å²) < 4.78 is 20.4. The van der Waals surface area contributed by atoms with Crippen molar-refractivity contribution >= 4 is 35.9 Å². The SMILES string of the molecule is COC(=O)/C(=C/c1ccc(C(C(=O)OC(C)(C)C)C(=O)OC(C)(C)C)c(C(=O)OC)c1)NC(C)=O. The van der Waals surface area contributed by atoms with E-state index in [2.05, 4.69) is 10.1 Å². The third-order valence-corrected chi connectivity index (χ3v) is 4.11. The second-order valence-corrected chi connectivity index (χ2v) is 9.57. The average Bonchev–Trinajstić information content (AvgIpc) is 2.70. The first kappa shape index (κ1) is 29.3. The minimum absolute atomic E-state index is 0.00311. The summed E-state index contributed by atoms with van der Waals surface area (Å²) >= 11 is 0. The van der Waals surface area contributed by atoms with Gasteiger partial charge in [-0.15, -0.1) is 0 Å². The number of rotatable bonds is 7. The summed E-state index contributed by atoms with van der Waals surface area (Å²) in [5, 5.41) is 2.35. The smallest absolute Gasteiger partial charge is 0.354 e. The first-order chi connectivity index (χ1) is 16.0. The van der Waals surface area contributed by atoms with E-state index in [-0.39, 0.29) is 22.4 Å². The standard InChI is InChI=1S/C25H33NO9/c1-14(27)26-18(21(29)33-9)13-15-10-11-16(17(12-15)20(28)32-8)19(22(30)34-24(2,3)4)23(31)35-25(5,6)7/h10-13,19H,1-9H3,(H,26,27)/b18-13-. The van der Waals surface area contributed by atoms with Crippen LogP contribution < -0.4 is 5.32 Å². The zero-order chi connectivity index (χ0) is 27.1. The van der Waals surface area contributed by atoms with Crippen molar-refractivity contribution in [3.8, 4) is 0 Å². The van der Waals surface area contributed by atoms with Gasteiger partial charge in [-0.3, -0.25) is 14.4 Å². The summed E-state index contributed by atoms with van der Waals surface area (Å²) in [5.74, 6) is -5.57. The molecule has 192 valence electrons. The van der Waals surface area contributed by atoms with Gasteiger partial charge < -0.3 is 24.3 Å². The van der Waals surface area contributed by atoms with E-state index in [0.29, 0.717) is 0 Å². The van der Waals surface area contributed by atoms with E-state index >= 15 is 0 Å². The number of carbonyl (C=O) groups is 5. The van der Waals surface area contributed by atoms with Crippen molar-refractivity contribution < 1.29 is 42.9 Å². The van der Waals surface area contributed by atoms with E-state index in [9.17, 15) is 24.0 Å². The second-order valence-electron chi connectivity index (χ2n) is 9.57. The van der Waals surface area contributed by atoms with Gasteiger partial charge in [0, 0.05) is 6.92 Å². The summed E-state index contributed by atoms with van der Waals surface area (Å²) in [5.41, 5.74) is -1.86. The molecule has 0 saturated carbocycles. The van der Waals surface area contributed by atoms with E-state index in [1.54, 1.807) is 41.5 Å². The highest BCUT2D eigenvalue weighted by atomic mass is 16.6. The van der Waals surface area contributed by atoms with Gasteiger partial charge in [-0.1, -0.05) is 12.1 Å². The van der Waals surface area contributed by atoms with Crippen LogP contribution in [0.1, 0.15) is 75.9 Å². The van der Waals surface area contributed by atoms with Gasteiger partial charge in [0.05, 0.1) is 19.8 Å². The van der Waals surface area contributed by atoms with Crippen molar-refractivity contribution in [1.29, 1.82) is 0 Å². The van der Waals surface area contributed by atoms with E-state index in [0.717, 1.165) is 14.2 Å². The third kappa shape index (κ3) is 9.23. The normalized spacial score (nSPS) is 12.0. The van der Waals surface area contributed by atoms with Crippen LogP contribution in [0.25, 0.3) is 6.08 Å². The van der Waals surface area contributed by atoms with Gasteiger partial charge in [-0.2, -0.15) is 0 Å². The number of benzene rings is 1. The predicted molar refractivity (Wildman–Crippen MR) is 126 cm³/mol. The van der Waals surface area contributed by atoms with Gasteiger partial charge in [0.1, 0.15) is 16.9 Å². The van der Waals surface area contributed by atoms with E-state index in [4.69, 9.17) is 14.2 Å². The summed E-state index contributed by atoms with van der Waals surface area (Å²) in [6.07, 6.45) is 1.28. The highest BCUT2D eigenvalue weighted by Gasteiger charge is 2.38. The number of methoxy groups -OCH3 is 2. The number of nitrogens with one attached hydrogen (secondary N) is 1. The summed E-state index contributed by atoms with van der Waals surface area (Å²) in [7, 11) is 2.29. The molecule has 0 saturated heterocycles. The van der Waals surface area contributed by atoms with E-state index < -0.39 is 46.9 Å². The van der Waals surface area contributed by atoms with Gasteiger partial charge in [0.25, 0.3) is 0 Å². The van der Waals surface area contributed by atoms with Crippen molar-refractivity contribution in [1.82, 2.24) is 5.32 Å². The van der Waals surface area contributed by atoms with Crippen molar-refractivity contribution in [2.45, 2.75) is 65.6 Å². The molecule has 0 heterocycles. The second kappa shape index (κ2) is 11.6. The van der Waals surface area contributed by atoms with E-state index in [1.807, 2.05) is 0 Å². The van der Waals surface area contributed by atoms with E-state index in [1.165, 1.54) is 31.2 Å². The monoisotopic (exact) mass is 491 g/mol. The van der Waals surface area contributed by atoms with Crippen molar-refractivity contribution in [3.05, 3.63) is 40.6 Å². The molecule has 1 N–H and O–H groups in total. The minimum Gasteiger partial charge on any atom is -0.465 e. The Morgan fingerprint density at radius 1 is 0.857 bits per heavy atom. The Morgan fingerprint density at radius 3 is 1.77 bits per heavy atom. The molecule has 0 spiro atoms. The summed E-state index contributed by atoms with van der Waals surface area (Å²) in [6, 6.07) is 4.13. The van der Waals surface area contributed by atoms with Crippen LogP contribution in [-0.2, 0) is 38.1 Å². The quantitative estimate of drug-likeness (QED) is 0.264. The van der Waals surface area contributed by atoms with Crippen molar-refractivity contribution in [2.75, 3.05) is 14.2 Å². The van der Waals surface area contributed by atoms with Crippen LogP contribution in [0.3, 0.4) is 0 Å². The summed E-state index contributed by atoms with van der Waals surface area (Å²) in [6.45, 7) is 11.1. The van der Waals surface area contributed by atoms with Gasteiger partial charge >= 0.3 is 23.9 Å². The largest absolute Gasteiger partial charge is 0.465 e. The number of carbonyl (C=O) groups excluding carboxylic acids is 5. The molecular formula is C25H33NO9. The Morgan fingerprint density at radius 2 is 1.37 bits per heavy atom. The first-order valence-corrected chi connectivity index (χ1v) is 10.7.